The number of amides is 3. The lowest BCUT2D eigenvalue weighted by molar-refractivity contribution is -0.137. The SMILES string of the molecule is NCCN(CCN)C(=O)CCC(N)C(=O)NC(CCc1ccc(C(F)(F)F)cc1)C(=O)NCC1OB(O)c2ccccc21. The molecule has 234 valence electrons. The molecule has 43 heavy (non-hydrogen) atoms. The second-order valence-corrected chi connectivity index (χ2v) is 10.2. The molecule has 0 saturated carbocycles. The largest absolute Gasteiger partial charge is 0.492 e. The van der Waals surface area contributed by atoms with Crippen LogP contribution in [-0.2, 0) is 31.6 Å². The molecule has 0 fully saturated rings. The summed E-state index contributed by atoms with van der Waals surface area (Å²) in [4.78, 5) is 40.2. The van der Waals surface area contributed by atoms with E-state index in [-0.39, 0.29) is 51.2 Å². The van der Waals surface area contributed by atoms with Gasteiger partial charge in [-0.1, -0.05) is 36.4 Å². The molecule has 0 radical (unpaired) electrons. The van der Waals surface area contributed by atoms with Gasteiger partial charge in [0.15, 0.2) is 0 Å². The molecule has 1 aliphatic rings. The zero-order valence-corrected chi connectivity index (χ0v) is 23.7. The zero-order chi connectivity index (χ0) is 31.6. The van der Waals surface area contributed by atoms with E-state index in [4.69, 9.17) is 21.9 Å². The molecule has 3 rings (SSSR count). The molecule has 3 atom stereocenters. The van der Waals surface area contributed by atoms with Crippen LogP contribution in [0.15, 0.2) is 48.5 Å². The molecule has 0 saturated heterocycles. The molecule has 2 aromatic rings. The summed E-state index contributed by atoms with van der Waals surface area (Å²) in [6, 6.07) is 9.35. The van der Waals surface area contributed by atoms with Gasteiger partial charge in [0, 0.05) is 39.1 Å². The Kier molecular flexibility index (Phi) is 12.5. The van der Waals surface area contributed by atoms with Crippen LogP contribution in [0, 0.1) is 0 Å². The van der Waals surface area contributed by atoms with E-state index in [1.165, 1.54) is 17.0 Å². The highest BCUT2D eigenvalue weighted by Crippen LogP contribution is 2.29. The molecule has 3 amide bonds. The fourth-order valence-corrected chi connectivity index (χ4v) is 4.77. The second-order valence-electron chi connectivity index (χ2n) is 10.2. The summed E-state index contributed by atoms with van der Waals surface area (Å²) in [5, 5.41) is 15.5. The lowest BCUT2D eigenvalue weighted by atomic mass is 9.79. The normalized spacial score (nSPS) is 15.9. The fraction of sp³-hybridized carbons (Fsp3) is 0.464. The van der Waals surface area contributed by atoms with Crippen molar-refractivity contribution in [3.8, 4) is 0 Å². The van der Waals surface area contributed by atoms with Gasteiger partial charge in [0.05, 0.1) is 17.7 Å². The summed E-state index contributed by atoms with van der Waals surface area (Å²) in [7, 11) is -1.14. The van der Waals surface area contributed by atoms with E-state index in [9.17, 15) is 32.6 Å². The first kappa shape index (κ1) is 34.0. The number of hydrogen-bond acceptors (Lipinski definition) is 8. The Morgan fingerprint density at radius 1 is 1.00 bits per heavy atom. The highest BCUT2D eigenvalue weighted by Gasteiger charge is 2.35. The minimum atomic E-state index is -4.48. The summed E-state index contributed by atoms with van der Waals surface area (Å²) in [6.07, 6.45) is -4.89. The van der Waals surface area contributed by atoms with Crippen LogP contribution in [0.1, 0.15) is 42.1 Å². The maximum absolute atomic E-state index is 13.2. The van der Waals surface area contributed by atoms with Gasteiger partial charge in [-0.2, -0.15) is 13.2 Å². The number of carbonyl (C=O) groups excluding carboxylic acids is 3. The van der Waals surface area contributed by atoms with Crippen molar-refractivity contribution in [2.75, 3.05) is 32.7 Å². The molecule has 0 spiro atoms. The molecule has 11 nitrogen and oxygen atoms in total. The molecule has 1 heterocycles. The van der Waals surface area contributed by atoms with Crippen molar-refractivity contribution in [1.82, 2.24) is 15.5 Å². The molecule has 9 N–H and O–H groups in total. The van der Waals surface area contributed by atoms with Gasteiger partial charge in [0.25, 0.3) is 0 Å². The van der Waals surface area contributed by atoms with E-state index < -0.39 is 48.9 Å². The van der Waals surface area contributed by atoms with Gasteiger partial charge >= 0.3 is 13.3 Å². The predicted molar refractivity (Wildman–Crippen MR) is 154 cm³/mol. The average molecular weight is 606 g/mol. The first-order valence-corrected chi connectivity index (χ1v) is 14.0. The van der Waals surface area contributed by atoms with Crippen LogP contribution in [0.25, 0.3) is 0 Å². The van der Waals surface area contributed by atoms with Gasteiger partial charge < -0.3 is 42.4 Å². The Balaban J connectivity index is 1.65. The van der Waals surface area contributed by atoms with E-state index in [1.807, 2.05) is 0 Å². The van der Waals surface area contributed by atoms with E-state index in [2.05, 4.69) is 10.6 Å². The van der Waals surface area contributed by atoms with Crippen molar-refractivity contribution < 1.29 is 37.2 Å². The smallest absolute Gasteiger partial charge is 0.423 e. The Labute approximate surface area is 248 Å². The number of aryl methyl sites for hydroxylation is 1. The van der Waals surface area contributed by atoms with Crippen molar-refractivity contribution >= 4 is 30.3 Å². The molecule has 0 aliphatic carbocycles. The molecule has 1 aliphatic heterocycles. The molecule has 0 aromatic heterocycles. The minimum Gasteiger partial charge on any atom is -0.423 e. The van der Waals surface area contributed by atoms with Gasteiger partial charge in [-0.25, -0.2) is 0 Å². The van der Waals surface area contributed by atoms with Crippen LogP contribution >= 0.6 is 0 Å². The van der Waals surface area contributed by atoms with E-state index >= 15 is 0 Å². The zero-order valence-electron chi connectivity index (χ0n) is 23.7. The average Bonchev–Trinajstić information content (AvgIpc) is 3.31. The lowest BCUT2D eigenvalue weighted by Crippen LogP contribution is -2.52. The Morgan fingerprint density at radius 2 is 1.65 bits per heavy atom. The highest BCUT2D eigenvalue weighted by molar-refractivity contribution is 6.61. The maximum Gasteiger partial charge on any atom is 0.492 e. The number of carbonyl (C=O) groups is 3. The minimum absolute atomic E-state index is 0.00175. The molecular formula is C28H38BF3N6O5. The summed E-state index contributed by atoms with van der Waals surface area (Å²) < 4.78 is 44.4. The topological polar surface area (TPSA) is 186 Å². The number of hydrogen-bond donors (Lipinski definition) is 6. The van der Waals surface area contributed by atoms with Crippen LogP contribution in [0.2, 0.25) is 0 Å². The standard InChI is InChI=1S/C28H38BF3N6O5/c30-28(31,32)19-8-5-18(6-9-19)7-11-23(27(41)36-17-24-20-3-1-2-4-21(20)29(42)43-24)37-26(40)22(35)10-12-25(39)38(15-13-33)16-14-34/h1-6,8-9,22-24,42H,7,10-17,33-35H2,(H,36,41)(H,37,40). The lowest BCUT2D eigenvalue weighted by Gasteiger charge is -2.23. The number of benzene rings is 2. The van der Waals surface area contributed by atoms with Crippen molar-refractivity contribution in [2.45, 2.75) is 50.0 Å². The highest BCUT2D eigenvalue weighted by atomic mass is 19.4. The maximum atomic E-state index is 13.2. The van der Waals surface area contributed by atoms with Gasteiger partial charge in [0.1, 0.15) is 6.04 Å². The molecular weight excluding hydrogens is 568 g/mol. The molecule has 2 aromatic carbocycles. The third-order valence-electron chi connectivity index (χ3n) is 7.16. The molecule has 0 bridgehead atoms. The van der Waals surface area contributed by atoms with Crippen LogP contribution in [-0.4, -0.2) is 79.6 Å². The van der Waals surface area contributed by atoms with E-state index in [1.54, 1.807) is 24.3 Å². The van der Waals surface area contributed by atoms with Crippen molar-refractivity contribution in [3.05, 3.63) is 65.2 Å². The number of fused-ring (bicyclic) bond motifs is 1. The van der Waals surface area contributed by atoms with Gasteiger partial charge in [-0.3, -0.25) is 14.4 Å². The Morgan fingerprint density at radius 3 is 2.28 bits per heavy atom. The molecule has 15 heteroatoms. The van der Waals surface area contributed by atoms with E-state index in [0.29, 0.717) is 29.7 Å². The Bertz CT molecular complexity index is 1230. The van der Waals surface area contributed by atoms with Crippen molar-refractivity contribution in [1.29, 1.82) is 0 Å². The monoisotopic (exact) mass is 606 g/mol. The third-order valence-corrected chi connectivity index (χ3v) is 7.16. The van der Waals surface area contributed by atoms with Crippen molar-refractivity contribution in [2.24, 2.45) is 17.2 Å². The Hall–Kier alpha value is -3.50. The van der Waals surface area contributed by atoms with Crippen molar-refractivity contribution in [3.63, 3.8) is 0 Å². The van der Waals surface area contributed by atoms with E-state index in [0.717, 1.165) is 12.1 Å². The van der Waals surface area contributed by atoms with Crippen LogP contribution in [0.4, 0.5) is 13.2 Å². The number of rotatable bonds is 15. The van der Waals surface area contributed by atoms with Gasteiger partial charge in [0.2, 0.25) is 17.7 Å². The first-order chi connectivity index (χ1) is 20.4. The number of nitrogens with two attached hydrogens (primary N) is 3. The quantitative estimate of drug-likeness (QED) is 0.147. The third kappa shape index (κ3) is 9.76. The summed E-state index contributed by atoms with van der Waals surface area (Å²) >= 11 is 0. The number of halogens is 3. The second kappa shape index (κ2) is 15.8. The van der Waals surface area contributed by atoms with Crippen LogP contribution in [0.5, 0.6) is 0 Å². The summed E-state index contributed by atoms with van der Waals surface area (Å²) in [5.74, 6) is -1.49. The first-order valence-electron chi connectivity index (χ1n) is 14.0. The summed E-state index contributed by atoms with van der Waals surface area (Å²) in [6.45, 7) is 1.14. The van der Waals surface area contributed by atoms with Crippen LogP contribution < -0.4 is 33.3 Å². The van der Waals surface area contributed by atoms with Gasteiger partial charge in [-0.15, -0.1) is 0 Å². The molecule has 3 unspecified atom stereocenters. The van der Waals surface area contributed by atoms with Gasteiger partial charge in [-0.05, 0) is 48.0 Å². The number of alkyl halides is 3. The summed E-state index contributed by atoms with van der Waals surface area (Å²) in [5.41, 5.74) is 18.2. The number of nitrogens with one attached hydrogen (secondary N) is 2. The predicted octanol–water partition coefficient (Wildman–Crippen LogP) is -0.448. The number of nitrogens with zero attached hydrogens (tertiary/aromatic N) is 1. The van der Waals surface area contributed by atoms with Crippen LogP contribution in [0.3, 0.4) is 0 Å². The fourth-order valence-electron chi connectivity index (χ4n) is 4.77.